The number of nitrogens with one attached hydrogen (secondary N) is 1. The maximum atomic E-state index is 15.2. The third-order valence-electron chi connectivity index (χ3n) is 8.29. The van der Waals surface area contributed by atoms with E-state index < -0.39 is 23.6 Å². The maximum absolute atomic E-state index is 15.2. The van der Waals surface area contributed by atoms with E-state index in [0.29, 0.717) is 23.8 Å². The zero-order chi connectivity index (χ0) is 31.2. The van der Waals surface area contributed by atoms with E-state index in [1.165, 1.54) is 21.6 Å². The van der Waals surface area contributed by atoms with Gasteiger partial charge in [-0.05, 0) is 64.6 Å². The van der Waals surface area contributed by atoms with Crippen LogP contribution in [0, 0.1) is 5.82 Å². The van der Waals surface area contributed by atoms with E-state index >= 15 is 4.39 Å². The number of carbonyl (C=O) groups excluding carboxylic acids is 2. The first-order valence-electron chi connectivity index (χ1n) is 15.0. The molecule has 3 amide bonds. The normalized spacial score (nSPS) is 19.0. The highest BCUT2D eigenvalue weighted by atomic mass is 19.1. The Bertz CT molecular complexity index is 1550. The number of hydrogen-bond acceptors (Lipinski definition) is 8. The number of carbonyl (C=O) groups is 2. The van der Waals surface area contributed by atoms with E-state index in [1.807, 2.05) is 12.1 Å². The van der Waals surface area contributed by atoms with Crippen LogP contribution in [0.5, 0.6) is 0 Å². The summed E-state index contributed by atoms with van der Waals surface area (Å²) in [6.45, 7) is 9.86. The van der Waals surface area contributed by atoms with Crippen molar-refractivity contribution in [2.45, 2.75) is 45.4 Å². The van der Waals surface area contributed by atoms with E-state index in [0.717, 1.165) is 37.4 Å². The van der Waals surface area contributed by atoms with Gasteiger partial charge in [-0.2, -0.15) is 4.98 Å². The molecule has 1 atom stereocenters. The number of fused-ring (bicyclic) bond motifs is 2. The Hall–Kier alpha value is -4.45. The number of para-hydroxylation sites is 1. The molecule has 1 saturated heterocycles. The summed E-state index contributed by atoms with van der Waals surface area (Å²) in [4.78, 5) is 45.2. The van der Waals surface area contributed by atoms with Crippen molar-refractivity contribution in [2.24, 2.45) is 0 Å². The number of likely N-dealkylation sites (N-methyl/N-ethyl adjacent to an activating group) is 1. The average molecular weight is 603 g/mol. The Morgan fingerprint density at radius 3 is 2.45 bits per heavy atom. The Labute approximate surface area is 257 Å². The SMILES string of the molecule is CN1CCN(c2ccc(Nc3ncc4c(n3)N(C)C(=O)N(C3CCN(C(=O)OC(C)(C)C)c5c(F)cccc53)C4)cc2)CC1. The van der Waals surface area contributed by atoms with Crippen LogP contribution in [0.25, 0.3) is 0 Å². The summed E-state index contributed by atoms with van der Waals surface area (Å²) in [5.74, 6) is 0.373. The highest BCUT2D eigenvalue weighted by molar-refractivity contribution is 5.94. The van der Waals surface area contributed by atoms with Crippen LogP contribution >= 0.6 is 0 Å². The van der Waals surface area contributed by atoms with Gasteiger partial charge in [-0.25, -0.2) is 19.0 Å². The number of halogens is 1. The van der Waals surface area contributed by atoms with Gasteiger partial charge in [0.15, 0.2) is 0 Å². The molecule has 0 bridgehead atoms. The van der Waals surface area contributed by atoms with E-state index in [-0.39, 0.29) is 24.8 Å². The molecule has 11 nitrogen and oxygen atoms in total. The molecule has 232 valence electrons. The van der Waals surface area contributed by atoms with Crippen LogP contribution in [0.2, 0.25) is 0 Å². The predicted octanol–water partition coefficient (Wildman–Crippen LogP) is 5.37. The number of aromatic nitrogens is 2. The molecule has 12 heteroatoms. The lowest BCUT2D eigenvalue weighted by Crippen LogP contribution is -2.50. The van der Waals surface area contributed by atoms with Gasteiger partial charge in [-0.1, -0.05) is 12.1 Å². The maximum Gasteiger partial charge on any atom is 0.414 e. The first-order chi connectivity index (χ1) is 21.0. The van der Waals surface area contributed by atoms with Crippen molar-refractivity contribution in [2.75, 3.05) is 66.8 Å². The number of nitrogens with zero attached hydrogens (tertiary/aromatic N) is 7. The quantitative estimate of drug-likeness (QED) is 0.426. The van der Waals surface area contributed by atoms with Crippen molar-refractivity contribution in [3.63, 3.8) is 0 Å². The molecular formula is C32H39FN8O3. The van der Waals surface area contributed by atoms with Crippen LogP contribution in [0.1, 0.15) is 44.4 Å². The van der Waals surface area contributed by atoms with Crippen molar-refractivity contribution >= 4 is 41.0 Å². The molecule has 0 spiro atoms. The third kappa shape index (κ3) is 5.86. The van der Waals surface area contributed by atoms with Crippen molar-refractivity contribution in [3.8, 4) is 0 Å². The van der Waals surface area contributed by atoms with E-state index in [1.54, 1.807) is 51.0 Å². The fraction of sp³-hybridized carbons (Fsp3) is 0.438. The third-order valence-corrected chi connectivity index (χ3v) is 8.29. The summed E-state index contributed by atoms with van der Waals surface area (Å²) in [6.07, 6.45) is 1.54. The van der Waals surface area contributed by atoms with Gasteiger partial charge < -0.3 is 24.8 Å². The minimum absolute atomic E-state index is 0.147. The van der Waals surface area contributed by atoms with Crippen molar-refractivity contribution < 1.29 is 18.7 Å². The number of anilines is 5. The number of piperazine rings is 1. The Kier molecular flexibility index (Phi) is 7.79. The Morgan fingerprint density at radius 2 is 1.75 bits per heavy atom. The van der Waals surface area contributed by atoms with Gasteiger partial charge in [0.2, 0.25) is 5.95 Å². The number of ether oxygens (including phenoxy) is 1. The molecule has 3 aromatic rings. The van der Waals surface area contributed by atoms with Crippen LogP contribution in [-0.2, 0) is 11.3 Å². The van der Waals surface area contributed by atoms with Gasteiger partial charge in [0.05, 0.1) is 18.3 Å². The number of benzene rings is 2. The van der Waals surface area contributed by atoms with Gasteiger partial charge in [0.1, 0.15) is 17.2 Å². The smallest absolute Gasteiger partial charge is 0.414 e. The molecule has 0 aliphatic carbocycles. The highest BCUT2D eigenvalue weighted by Crippen LogP contribution is 2.42. The van der Waals surface area contributed by atoms with E-state index in [2.05, 4.69) is 44.3 Å². The van der Waals surface area contributed by atoms with Crippen LogP contribution in [0.15, 0.2) is 48.7 Å². The molecular weight excluding hydrogens is 563 g/mol. The molecule has 4 heterocycles. The van der Waals surface area contributed by atoms with Gasteiger partial charge >= 0.3 is 12.1 Å². The minimum atomic E-state index is -0.726. The fourth-order valence-electron chi connectivity index (χ4n) is 6.01. The summed E-state index contributed by atoms with van der Waals surface area (Å²) in [7, 11) is 3.82. The monoisotopic (exact) mass is 602 g/mol. The van der Waals surface area contributed by atoms with Crippen molar-refractivity contribution in [1.82, 2.24) is 19.8 Å². The lowest BCUT2D eigenvalue weighted by atomic mass is 9.94. The second-order valence-electron chi connectivity index (χ2n) is 12.6. The zero-order valence-electron chi connectivity index (χ0n) is 25.9. The largest absolute Gasteiger partial charge is 0.443 e. The summed E-state index contributed by atoms with van der Waals surface area (Å²) in [5.41, 5.74) is 2.79. The molecule has 1 N–H and O–H groups in total. The highest BCUT2D eigenvalue weighted by Gasteiger charge is 2.41. The van der Waals surface area contributed by atoms with E-state index in [9.17, 15) is 9.59 Å². The predicted molar refractivity (Wildman–Crippen MR) is 168 cm³/mol. The molecule has 44 heavy (non-hydrogen) atoms. The number of amides is 3. The molecule has 0 radical (unpaired) electrons. The summed E-state index contributed by atoms with van der Waals surface area (Å²) < 4.78 is 20.8. The van der Waals surface area contributed by atoms with Crippen LogP contribution in [0.4, 0.5) is 42.8 Å². The summed E-state index contributed by atoms with van der Waals surface area (Å²) in [5, 5.41) is 3.26. The van der Waals surface area contributed by atoms with Crippen LogP contribution in [-0.4, -0.2) is 84.3 Å². The standard InChI is InChI=1S/C32H39FN8O3/c1-32(2,3)44-31(43)40-14-13-26(24-7-6-8-25(33)27(24)40)41-20-21-19-34-29(36-28(21)38(5)30(41)42)35-22-9-11-23(12-10-22)39-17-15-37(4)16-18-39/h6-12,19,26H,13-18,20H2,1-5H3,(H,34,35,36). The van der Waals surface area contributed by atoms with Gasteiger partial charge in [0, 0.05) is 68.5 Å². The van der Waals surface area contributed by atoms with Gasteiger partial charge in [-0.3, -0.25) is 9.80 Å². The van der Waals surface area contributed by atoms with Crippen LogP contribution in [0.3, 0.4) is 0 Å². The second kappa shape index (κ2) is 11.6. The molecule has 0 saturated carbocycles. The topological polar surface area (TPSA) is 97.4 Å². The Balaban J connectivity index is 1.20. The van der Waals surface area contributed by atoms with Crippen molar-refractivity contribution in [1.29, 1.82) is 0 Å². The fourth-order valence-corrected chi connectivity index (χ4v) is 6.01. The molecule has 1 aromatic heterocycles. The minimum Gasteiger partial charge on any atom is -0.443 e. The lowest BCUT2D eigenvalue weighted by Gasteiger charge is -2.43. The molecule has 3 aliphatic heterocycles. The lowest BCUT2D eigenvalue weighted by molar-refractivity contribution is 0.0570. The molecule has 1 fully saturated rings. The summed E-state index contributed by atoms with van der Waals surface area (Å²) in [6, 6.07) is 12.2. The molecule has 1 unspecified atom stereocenters. The first kappa shape index (κ1) is 29.6. The molecule has 6 rings (SSSR count). The molecule has 2 aromatic carbocycles. The van der Waals surface area contributed by atoms with Crippen molar-refractivity contribution in [3.05, 3.63) is 65.6 Å². The second-order valence-corrected chi connectivity index (χ2v) is 12.6. The molecule has 3 aliphatic rings. The first-order valence-corrected chi connectivity index (χ1v) is 15.0. The van der Waals surface area contributed by atoms with Gasteiger partial charge in [-0.15, -0.1) is 0 Å². The number of urea groups is 1. The van der Waals surface area contributed by atoms with Crippen LogP contribution < -0.4 is 20.0 Å². The summed E-state index contributed by atoms with van der Waals surface area (Å²) >= 11 is 0. The average Bonchev–Trinajstić information content (AvgIpc) is 2.99. The Morgan fingerprint density at radius 1 is 1.02 bits per heavy atom. The number of rotatable bonds is 4. The number of hydrogen-bond donors (Lipinski definition) is 1. The zero-order valence-corrected chi connectivity index (χ0v) is 25.9. The van der Waals surface area contributed by atoms with Gasteiger partial charge in [0.25, 0.3) is 0 Å². The van der Waals surface area contributed by atoms with E-state index in [4.69, 9.17) is 4.74 Å².